The molecule has 1 aromatic heterocycles. The Morgan fingerprint density at radius 1 is 1.63 bits per heavy atom. The monoisotopic (exact) mass is 276 g/mol. The van der Waals surface area contributed by atoms with Crippen LogP contribution in [-0.2, 0) is 4.79 Å². The molecule has 1 heterocycles. The summed E-state index contributed by atoms with van der Waals surface area (Å²) in [7, 11) is 0. The van der Waals surface area contributed by atoms with E-state index >= 15 is 0 Å². The Morgan fingerprint density at radius 2 is 2.37 bits per heavy atom. The van der Waals surface area contributed by atoms with Gasteiger partial charge in [-0.2, -0.15) is 0 Å². The molecular weight excluding hydrogens is 260 g/mol. The topological polar surface area (TPSA) is 55.1 Å². The van der Waals surface area contributed by atoms with Crippen molar-refractivity contribution in [1.29, 1.82) is 0 Å². The molecule has 0 fully saturated rings. The van der Waals surface area contributed by atoms with Crippen LogP contribution in [0, 0.1) is 6.92 Å². The molecule has 2 rings (SSSR count). The van der Waals surface area contributed by atoms with Crippen LogP contribution in [0.5, 0.6) is 0 Å². The van der Waals surface area contributed by atoms with Gasteiger partial charge in [-0.05, 0) is 25.5 Å². The molecule has 0 aliphatic rings. The van der Waals surface area contributed by atoms with E-state index in [1.54, 1.807) is 0 Å². The highest BCUT2D eigenvalue weighted by Crippen LogP contribution is 2.29. The van der Waals surface area contributed by atoms with Crippen molar-refractivity contribution in [3.63, 3.8) is 0 Å². The minimum Gasteiger partial charge on any atom is -0.481 e. The lowest BCUT2D eigenvalue weighted by Gasteiger charge is -2.12. The van der Waals surface area contributed by atoms with E-state index in [2.05, 4.69) is 11.6 Å². The molecule has 0 spiro atoms. The van der Waals surface area contributed by atoms with E-state index in [9.17, 15) is 4.79 Å². The van der Waals surface area contributed by atoms with Crippen molar-refractivity contribution >= 4 is 28.8 Å². The molecule has 1 N–H and O–H groups in total. The van der Waals surface area contributed by atoms with Crippen molar-refractivity contribution in [3.8, 4) is 0 Å². The van der Waals surface area contributed by atoms with Crippen LogP contribution in [-0.4, -0.2) is 26.4 Å². The summed E-state index contributed by atoms with van der Waals surface area (Å²) >= 11 is 1.24. The lowest BCUT2D eigenvalue weighted by atomic mass is 10.2. The molecule has 0 amide bonds. The molecule has 1 atom stereocenters. The van der Waals surface area contributed by atoms with Gasteiger partial charge in [0.15, 0.2) is 5.16 Å². The minimum absolute atomic E-state index is 0.00618. The largest absolute Gasteiger partial charge is 0.481 e. The molecule has 100 valence electrons. The number of imidazole rings is 1. The average Bonchev–Trinajstić information content (AvgIpc) is 2.75. The standard InChI is InChI=1S/C14H16N2O2S/c1-4-10(3)16-11-7-5-6-9(2)13(11)15-14(16)19-8-12(17)18/h4-7,10H,1,8H2,2-3H3,(H,17,18). The minimum atomic E-state index is -0.841. The number of hydrogen-bond donors (Lipinski definition) is 1. The van der Waals surface area contributed by atoms with Crippen LogP contribution in [0.1, 0.15) is 18.5 Å². The summed E-state index contributed by atoms with van der Waals surface area (Å²) in [6, 6.07) is 6.06. The van der Waals surface area contributed by atoms with E-state index in [1.165, 1.54) is 11.8 Å². The molecule has 0 aliphatic heterocycles. The number of carboxylic acid groups (broad SMARTS) is 1. The van der Waals surface area contributed by atoms with Crippen molar-refractivity contribution in [2.45, 2.75) is 25.0 Å². The fourth-order valence-electron chi connectivity index (χ4n) is 1.96. The van der Waals surface area contributed by atoms with Gasteiger partial charge in [-0.3, -0.25) is 4.79 Å². The smallest absolute Gasteiger partial charge is 0.313 e. The molecule has 1 unspecified atom stereocenters. The maximum atomic E-state index is 10.7. The second-order valence-corrected chi connectivity index (χ2v) is 5.31. The molecular formula is C14H16N2O2S. The maximum absolute atomic E-state index is 10.7. The number of carboxylic acids is 1. The number of fused-ring (bicyclic) bond motifs is 1. The molecule has 0 saturated heterocycles. The molecule has 19 heavy (non-hydrogen) atoms. The number of nitrogens with zero attached hydrogens (tertiary/aromatic N) is 2. The number of aromatic nitrogens is 2. The summed E-state index contributed by atoms with van der Waals surface area (Å²) in [5, 5.41) is 9.53. The number of aliphatic carboxylic acids is 1. The van der Waals surface area contributed by atoms with Gasteiger partial charge in [0.1, 0.15) is 0 Å². The Bertz CT molecular complexity index is 634. The van der Waals surface area contributed by atoms with Gasteiger partial charge in [0.25, 0.3) is 0 Å². The summed E-state index contributed by atoms with van der Waals surface area (Å²) < 4.78 is 2.03. The highest BCUT2D eigenvalue weighted by molar-refractivity contribution is 7.99. The SMILES string of the molecule is C=CC(C)n1c(SCC(=O)O)nc2c(C)cccc21. The highest BCUT2D eigenvalue weighted by atomic mass is 32.2. The number of carbonyl (C=O) groups is 1. The zero-order valence-electron chi connectivity index (χ0n) is 11.0. The molecule has 1 aromatic carbocycles. The van der Waals surface area contributed by atoms with Crippen LogP contribution in [0.15, 0.2) is 36.0 Å². The van der Waals surface area contributed by atoms with Gasteiger partial charge < -0.3 is 9.67 Å². The predicted molar refractivity (Wildman–Crippen MR) is 77.7 cm³/mol. The van der Waals surface area contributed by atoms with Crippen molar-refractivity contribution in [3.05, 3.63) is 36.4 Å². The van der Waals surface area contributed by atoms with Crippen molar-refractivity contribution < 1.29 is 9.90 Å². The van der Waals surface area contributed by atoms with E-state index in [4.69, 9.17) is 5.11 Å². The second-order valence-electron chi connectivity index (χ2n) is 4.37. The van der Waals surface area contributed by atoms with Gasteiger partial charge in [0, 0.05) is 0 Å². The molecule has 0 bridgehead atoms. The van der Waals surface area contributed by atoms with Crippen LogP contribution in [0.3, 0.4) is 0 Å². The van der Waals surface area contributed by atoms with E-state index < -0.39 is 5.97 Å². The van der Waals surface area contributed by atoms with Crippen LogP contribution in [0.25, 0.3) is 11.0 Å². The van der Waals surface area contributed by atoms with Crippen molar-refractivity contribution in [2.24, 2.45) is 0 Å². The summed E-state index contributed by atoms with van der Waals surface area (Å²) in [5.41, 5.74) is 3.02. The second kappa shape index (κ2) is 5.48. The van der Waals surface area contributed by atoms with Gasteiger partial charge in [-0.1, -0.05) is 30.0 Å². The van der Waals surface area contributed by atoms with Crippen molar-refractivity contribution in [1.82, 2.24) is 9.55 Å². The predicted octanol–water partition coefficient (Wildman–Crippen LogP) is 3.27. The number of benzene rings is 1. The number of hydrogen-bond acceptors (Lipinski definition) is 3. The van der Waals surface area contributed by atoms with E-state index in [-0.39, 0.29) is 11.8 Å². The van der Waals surface area contributed by atoms with Crippen molar-refractivity contribution in [2.75, 3.05) is 5.75 Å². The number of para-hydroxylation sites is 1. The van der Waals surface area contributed by atoms with Gasteiger partial charge in [0.05, 0.1) is 22.8 Å². The Hall–Kier alpha value is -1.75. The molecule has 2 aromatic rings. The van der Waals surface area contributed by atoms with Gasteiger partial charge in [-0.15, -0.1) is 6.58 Å². The van der Waals surface area contributed by atoms with Crippen LogP contribution in [0.2, 0.25) is 0 Å². The van der Waals surface area contributed by atoms with Crippen LogP contribution < -0.4 is 0 Å². The summed E-state index contributed by atoms with van der Waals surface area (Å²) in [6.07, 6.45) is 1.83. The summed E-state index contributed by atoms with van der Waals surface area (Å²) in [5.74, 6) is -0.835. The third kappa shape index (κ3) is 2.66. The Labute approximate surface area is 116 Å². The lowest BCUT2D eigenvalue weighted by molar-refractivity contribution is -0.133. The number of thioether (sulfide) groups is 1. The number of rotatable bonds is 5. The van der Waals surface area contributed by atoms with E-state index in [0.29, 0.717) is 0 Å². The summed E-state index contributed by atoms with van der Waals surface area (Å²) in [6.45, 7) is 7.83. The first-order valence-corrected chi connectivity index (χ1v) is 6.98. The number of aryl methyl sites for hydroxylation is 1. The number of allylic oxidation sites excluding steroid dienone is 1. The molecule has 0 aliphatic carbocycles. The first-order chi connectivity index (χ1) is 9.04. The fourth-order valence-corrected chi connectivity index (χ4v) is 2.78. The zero-order valence-corrected chi connectivity index (χ0v) is 11.8. The average molecular weight is 276 g/mol. The molecule has 0 radical (unpaired) electrons. The Kier molecular flexibility index (Phi) is 3.95. The molecule has 0 saturated carbocycles. The molecule has 4 nitrogen and oxygen atoms in total. The third-order valence-electron chi connectivity index (χ3n) is 2.96. The maximum Gasteiger partial charge on any atom is 0.313 e. The first kappa shape index (κ1) is 13.7. The van der Waals surface area contributed by atoms with Gasteiger partial charge in [0.2, 0.25) is 0 Å². The quantitative estimate of drug-likeness (QED) is 0.672. The fraction of sp³-hybridized carbons (Fsp3) is 0.286. The Morgan fingerprint density at radius 3 is 3.00 bits per heavy atom. The van der Waals surface area contributed by atoms with E-state index in [1.807, 2.05) is 42.7 Å². The highest BCUT2D eigenvalue weighted by Gasteiger charge is 2.16. The zero-order chi connectivity index (χ0) is 14.0. The normalized spacial score (nSPS) is 12.5. The van der Waals surface area contributed by atoms with Crippen LogP contribution >= 0.6 is 11.8 Å². The van der Waals surface area contributed by atoms with Crippen LogP contribution in [0.4, 0.5) is 0 Å². The van der Waals surface area contributed by atoms with E-state index in [0.717, 1.165) is 21.8 Å². The third-order valence-corrected chi connectivity index (χ3v) is 3.90. The van der Waals surface area contributed by atoms with Gasteiger partial charge >= 0.3 is 5.97 Å². The molecule has 5 heteroatoms. The summed E-state index contributed by atoms with van der Waals surface area (Å²) in [4.78, 5) is 15.3. The Balaban J connectivity index is 2.57. The first-order valence-electron chi connectivity index (χ1n) is 5.99. The lowest BCUT2D eigenvalue weighted by Crippen LogP contribution is -2.05. The van der Waals surface area contributed by atoms with Gasteiger partial charge in [-0.25, -0.2) is 4.98 Å².